The highest BCUT2D eigenvalue weighted by atomic mass is 79.9. The van der Waals surface area contributed by atoms with E-state index in [4.69, 9.17) is 4.74 Å². The van der Waals surface area contributed by atoms with Gasteiger partial charge in [-0.2, -0.15) is 0 Å². The lowest BCUT2D eigenvalue weighted by molar-refractivity contribution is 0.0216. The third-order valence-corrected chi connectivity index (χ3v) is 2.92. The molecule has 1 aliphatic heterocycles. The first-order valence-electron chi connectivity index (χ1n) is 3.96. The molecule has 2 atom stereocenters. The van der Waals surface area contributed by atoms with Crippen LogP contribution in [-0.2, 0) is 4.74 Å². The minimum Gasteiger partial charge on any atom is -0.367 e. The number of hydrogen-bond donors (Lipinski definition) is 0. The third-order valence-electron chi connectivity index (χ3n) is 2.20. The molecule has 2 unspecified atom stereocenters. The molecule has 1 rings (SSSR count). The standard InChI is InChI=1S/C8H15BrO/c1-6(2)7-3-4-8(9)10-5-7/h6-8H,3-5H2,1-2H3. The Kier molecular flexibility index (Phi) is 3.18. The van der Waals surface area contributed by atoms with Gasteiger partial charge in [0, 0.05) is 0 Å². The largest absolute Gasteiger partial charge is 0.367 e. The molecule has 60 valence electrons. The zero-order valence-corrected chi connectivity index (χ0v) is 8.23. The Morgan fingerprint density at radius 2 is 2.10 bits per heavy atom. The Morgan fingerprint density at radius 3 is 2.50 bits per heavy atom. The minimum atomic E-state index is 0.322. The van der Waals surface area contributed by atoms with E-state index in [1.165, 1.54) is 12.8 Å². The molecule has 0 saturated carbocycles. The zero-order chi connectivity index (χ0) is 7.56. The molecule has 0 aliphatic carbocycles. The van der Waals surface area contributed by atoms with E-state index in [9.17, 15) is 0 Å². The monoisotopic (exact) mass is 206 g/mol. The topological polar surface area (TPSA) is 9.23 Å². The second-order valence-corrected chi connectivity index (χ2v) is 4.35. The summed E-state index contributed by atoms with van der Waals surface area (Å²) in [6.07, 6.45) is 2.48. The molecular weight excluding hydrogens is 192 g/mol. The van der Waals surface area contributed by atoms with E-state index in [0.29, 0.717) is 5.01 Å². The predicted molar refractivity (Wildman–Crippen MR) is 46.2 cm³/mol. The highest BCUT2D eigenvalue weighted by molar-refractivity contribution is 9.09. The van der Waals surface area contributed by atoms with Gasteiger partial charge in [-0.25, -0.2) is 0 Å². The molecule has 0 radical (unpaired) electrons. The van der Waals surface area contributed by atoms with Gasteiger partial charge in [0.1, 0.15) is 5.01 Å². The molecule has 1 nitrogen and oxygen atoms in total. The maximum Gasteiger partial charge on any atom is 0.112 e. The number of hydrogen-bond acceptors (Lipinski definition) is 1. The van der Waals surface area contributed by atoms with Crippen molar-refractivity contribution in [1.29, 1.82) is 0 Å². The SMILES string of the molecule is CC(C)C1CCC(Br)OC1. The van der Waals surface area contributed by atoms with Gasteiger partial charge < -0.3 is 4.74 Å². The molecule has 0 bridgehead atoms. The molecule has 0 spiro atoms. The van der Waals surface area contributed by atoms with Gasteiger partial charge in [0.25, 0.3) is 0 Å². The van der Waals surface area contributed by atoms with Crippen molar-refractivity contribution in [3.8, 4) is 0 Å². The summed E-state index contributed by atoms with van der Waals surface area (Å²) >= 11 is 3.44. The van der Waals surface area contributed by atoms with Crippen molar-refractivity contribution in [3.05, 3.63) is 0 Å². The molecule has 1 saturated heterocycles. The van der Waals surface area contributed by atoms with Crippen LogP contribution in [0.15, 0.2) is 0 Å². The fourth-order valence-corrected chi connectivity index (χ4v) is 1.68. The fraction of sp³-hybridized carbons (Fsp3) is 1.00. The third kappa shape index (κ3) is 2.24. The van der Waals surface area contributed by atoms with Crippen LogP contribution < -0.4 is 0 Å². The van der Waals surface area contributed by atoms with Gasteiger partial charge in [0.15, 0.2) is 0 Å². The highest BCUT2D eigenvalue weighted by Crippen LogP contribution is 2.27. The average Bonchev–Trinajstić information content (AvgIpc) is 1.88. The first kappa shape index (κ1) is 8.54. The van der Waals surface area contributed by atoms with Crippen LogP contribution in [0.4, 0.5) is 0 Å². The number of ether oxygens (including phenoxy) is 1. The molecule has 0 amide bonds. The second kappa shape index (κ2) is 3.72. The van der Waals surface area contributed by atoms with Crippen LogP contribution >= 0.6 is 15.9 Å². The Hall–Kier alpha value is 0.440. The normalized spacial score (nSPS) is 34.8. The zero-order valence-electron chi connectivity index (χ0n) is 6.64. The molecule has 0 aromatic rings. The van der Waals surface area contributed by atoms with Crippen molar-refractivity contribution in [3.63, 3.8) is 0 Å². The lowest BCUT2D eigenvalue weighted by atomic mass is 9.91. The van der Waals surface area contributed by atoms with Crippen molar-refractivity contribution < 1.29 is 4.74 Å². The van der Waals surface area contributed by atoms with Crippen molar-refractivity contribution in [2.45, 2.75) is 31.7 Å². The Labute approximate surface area is 71.3 Å². The van der Waals surface area contributed by atoms with E-state index in [-0.39, 0.29) is 0 Å². The summed E-state index contributed by atoms with van der Waals surface area (Å²) in [5.41, 5.74) is 0. The van der Waals surface area contributed by atoms with E-state index in [0.717, 1.165) is 18.4 Å². The van der Waals surface area contributed by atoms with Gasteiger partial charge >= 0.3 is 0 Å². The molecule has 0 aromatic heterocycles. The maximum absolute atomic E-state index is 5.47. The van der Waals surface area contributed by atoms with Crippen LogP contribution in [0.3, 0.4) is 0 Å². The molecule has 10 heavy (non-hydrogen) atoms. The summed E-state index contributed by atoms with van der Waals surface area (Å²) in [5.74, 6) is 1.56. The Balaban J connectivity index is 2.26. The molecule has 1 fully saturated rings. The molecule has 0 N–H and O–H groups in total. The quantitative estimate of drug-likeness (QED) is 0.600. The van der Waals surface area contributed by atoms with E-state index >= 15 is 0 Å². The van der Waals surface area contributed by atoms with Crippen molar-refractivity contribution >= 4 is 15.9 Å². The second-order valence-electron chi connectivity index (χ2n) is 3.32. The van der Waals surface area contributed by atoms with Gasteiger partial charge in [-0.1, -0.05) is 29.8 Å². The lowest BCUT2D eigenvalue weighted by Gasteiger charge is -2.28. The molecule has 0 aromatic carbocycles. The van der Waals surface area contributed by atoms with Crippen LogP contribution in [0.5, 0.6) is 0 Å². The average molecular weight is 207 g/mol. The van der Waals surface area contributed by atoms with Crippen molar-refractivity contribution in [2.75, 3.05) is 6.61 Å². The lowest BCUT2D eigenvalue weighted by Crippen LogP contribution is -2.25. The number of rotatable bonds is 1. The van der Waals surface area contributed by atoms with Gasteiger partial charge in [-0.3, -0.25) is 0 Å². The fourth-order valence-electron chi connectivity index (χ4n) is 1.27. The summed E-state index contributed by atoms with van der Waals surface area (Å²) < 4.78 is 5.47. The van der Waals surface area contributed by atoms with E-state index in [1.807, 2.05) is 0 Å². The van der Waals surface area contributed by atoms with Gasteiger partial charge in [0.2, 0.25) is 0 Å². The van der Waals surface area contributed by atoms with E-state index < -0.39 is 0 Å². The Morgan fingerprint density at radius 1 is 1.40 bits per heavy atom. The van der Waals surface area contributed by atoms with Crippen LogP contribution in [0.1, 0.15) is 26.7 Å². The van der Waals surface area contributed by atoms with Crippen LogP contribution in [0.25, 0.3) is 0 Å². The van der Waals surface area contributed by atoms with Gasteiger partial charge in [-0.15, -0.1) is 0 Å². The molecule has 1 aliphatic rings. The summed E-state index contributed by atoms with van der Waals surface area (Å²) in [6, 6.07) is 0. The van der Waals surface area contributed by atoms with Crippen molar-refractivity contribution in [2.24, 2.45) is 11.8 Å². The highest BCUT2D eigenvalue weighted by Gasteiger charge is 2.21. The van der Waals surface area contributed by atoms with Crippen LogP contribution in [0, 0.1) is 11.8 Å². The van der Waals surface area contributed by atoms with Crippen LogP contribution in [-0.4, -0.2) is 11.6 Å². The molecular formula is C8H15BrO. The maximum atomic E-state index is 5.47. The summed E-state index contributed by atoms with van der Waals surface area (Å²) in [4.78, 5) is 0. The first-order chi connectivity index (χ1) is 4.70. The summed E-state index contributed by atoms with van der Waals surface area (Å²) in [6.45, 7) is 5.47. The summed E-state index contributed by atoms with van der Waals surface area (Å²) in [7, 11) is 0. The smallest absolute Gasteiger partial charge is 0.112 e. The van der Waals surface area contributed by atoms with Crippen LogP contribution in [0.2, 0.25) is 0 Å². The predicted octanol–water partition coefficient (Wildman–Crippen LogP) is 2.79. The minimum absolute atomic E-state index is 0.322. The van der Waals surface area contributed by atoms with E-state index in [1.54, 1.807) is 0 Å². The van der Waals surface area contributed by atoms with Crippen molar-refractivity contribution in [1.82, 2.24) is 0 Å². The molecule has 1 heterocycles. The van der Waals surface area contributed by atoms with Gasteiger partial charge in [0.05, 0.1) is 6.61 Å². The van der Waals surface area contributed by atoms with Gasteiger partial charge in [-0.05, 0) is 24.7 Å². The Bertz CT molecular complexity index is 95.4. The van der Waals surface area contributed by atoms with E-state index in [2.05, 4.69) is 29.8 Å². The first-order valence-corrected chi connectivity index (χ1v) is 4.87. The molecule has 2 heteroatoms. The number of halogens is 1. The number of alkyl halides is 1. The summed E-state index contributed by atoms with van der Waals surface area (Å²) in [5, 5.41) is 0.322.